The molecule has 0 unspecified atom stereocenters. The smallest absolute Gasteiger partial charge is 0.408 e. The molecule has 0 spiro atoms. The van der Waals surface area contributed by atoms with Crippen molar-refractivity contribution in [2.24, 2.45) is 23.2 Å². The molecule has 250 valence electrons. The second-order valence-electron chi connectivity index (χ2n) is 14.6. The van der Waals surface area contributed by atoms with Gasteiger partial charge in [0, 0.05) is 17.9 Å². The van der Waals surface area contributed by atoms with Crippen LogP contribution >= 0.6 is 0 Å². The molecular weight excluding hydrogens is 588 g/mol. The molecule has 1 aromatic heterocycles. The summed E-state index contributed by atoms with van der Waals surface area (Å²) < 4.78 is 23.6. The van der Waals surface area contributed by atoms with E-state index in [4.69, 9.17) is 28.9 Å². The van der Waals surface area contributed by atoms with Gasteiger partial charge in [-0.05, 0) is 62.1 Å². The lowest BCUT2D eigenvalue weighted by molar-refractivity contribution is -0.156. The highest BCUT2D eigenvalue weighted by atomic mass is 16.6. The van der Waals surface area contributed by atoms with Gasteiger partial charge in [0.15, 0.2) is 0 Å². The number of benzene rings is 1. The largest absolute Gasteiger partial charge is 0.497 e. The summed E-state index contributed by atoms with van der Waals surface area (Å²) in [4.78, 5) is 52.4. The molecule has 1 saturated heterocycles. The molecule has 3 heterocycles. The molecule has 11 nitrogen and oxygen atoms in total. The highest BCUT2D eigenvalue weighted by Gasteiger charge is 2.54. The van der Waals surface area contributed by atoms with Gasteiger partial charge in [-0.1, -0.05) is 47.6 Å². The molecule has 2 fully saturated rings. The van der Waals surface area contributed by atoms with Crippen LogP contribution in [0.3, 0.4) is 0 Å². The highest BCUT2D eigenvalue weighted by Crippen LogP contribution is 2.49. The highest BCUT2D eigenvalue weighted by molar-refractivity contribution is 5.91. The molecule has 2 bridgehead atoms. The van der Waals surface area contributed by atoms with Crippen LogP contribution in [0.1, 0.15) is 79.8 Å². The van der Waals surface area contributed by atoms with E-state index in [0.717, 1.165) is 25.7 Å². The maximum absolute atomic E-state index is 14.4. The van der Waals surface area contributed by atoms with Gasteiger partial charge in [0.1, 0.15) is 35.2 Å². The Balaban J connectivity index is 1.56. The number of hydrogen-bond donors (Lipinski definition) is 1. The van der Waals surface area contributed by atoms with Crippen molar-refractivity contribution in [2.75, 3.05) is 20.3 Å². The van der Waals surface area contributed by atoms with E-state index < -0.39 is 53.1 Å². The van der Waals surface area contributed by atoms with Crippen LogP contribution in [0.25, 0.3) is 17.1 Å². The van der Waals surface area contributed by atoms with Crippen molar-refractivity contribution < 1.29 is 33.3 Å². The minimum absolute atomic E-state index is 0.0888. The van der Waals surface area contributed by atoms with Crippen molar-refractivity contribution in [3.8, 4) is 11.6 Å². The van der Waals surface area contributed by atoms with Crippen LogP contribution in [-0.4, -0.2) is 76.9 Å². The number of methoxy groups -OCH3 is 1. The lowest BCUT2D eigenvalue weighted by Crippen LogP contribution is -2.57. The molecule has 5 rings (SSSR count). The zero-order valence-corrected chi connectivity index (χ0v) is 28.3. The molecule has 3 aliphatic rings. The number of fused-ring (bicyclic) bond motifs is 5. The SMILES string of the molecule is COc1ccc2nc3c(nc2c1)O[C@H]1CN(C(=O)[C@H](C(C)(C)C)NC(=O)O[C@@]2(C)C[C@@H]2CCC/C=C/3)[C@H](C(=O)OCC(C)C)[C@@H]1C. The molecule has 2 amide bonds. The number of hydrogen-bond acceptors (Lipinski definition) is 9. The maximum Gasteiger partial charge on any atom is 0.408 e. The van der Waals surface area contributed by atoms with Crippen LogP contribution < -0.4 is 14.8 Å². The van der Waals surface area contributed by atoms with Crippen molar-refractivity contribution >= 4 is 35.1 Å². The second-order valence-corrected chi connectivity index (χ2v) is 14.6. The number of amides is 2. The number of aromatic nitrogens is 2. The van der Waals surface area contributed by atoms with Crippen LogP contribution in [0.15, 0.2) is 24.3 Å². The maximum atomic E-state index is 14.4. The minimum Gasteiger partial charge on any atom is -0.497 e. The number of rotatable bonds is 4. The third-order valence-electron chi connectivity index (χ3n) is 9.26. The minimum atomic E-state index is -0.961. The zero-order chi connectivity index (χ0) is 33.4. The summed E-state index contributed by atoms with van der Waals surface area (Å²) in [7, 11) is 1.59. The quantitative estimate of drug-likeness (QED) is 0.430. The van der Waals surface area contributed by atoms with Gasteiger partial charge in [-0.3, -0.25) is 4.79 Å². The predicted molar refractivity (Wildman–Crippen MR) is 173 cm³/mol. The lowest BCUT2D eigenvalue weighted by atomic mass is 9.85. The van der Waals surface area contributed by atoms with E-state index >= 15 is 0 Å². The van der Waals surface area contributed by atoms with Gasteiger partial charge >= 0.3 is 12.1 Å². The number of carbonyl (C=O) groups is 3. The number of esters is 1. The van der Waals surface area contributed by atoms with Crippen LogP contribution in [0.4, 0.5) is 4.79 Å². The fourth-order valence-electron chi connectivity index (χ4n) is 6.32. The fourth-order valence-corrected chi connectivity index (χ4v) is 6.32. The zero-order valence-electron chi connectivity index (χ0n) is 28.3. The number of nitrogens with one attached hydrogen (secondary N) is 1. The Hall–Kier alpha value is -3.89. The Kier molecular flexibility index (Phi) is 9.52. The van der Waals surface area contributed by atoms with Crippen LogP contribution in [-0.2, 0) is 19.1 Å². The molecule has 6 atom stereocenters. The first-order valence-corrected chi connectivity index (χ1v) is 16.4. The predicted octanol–water partition coefficient (Wildman–Crippen LogP) is 5.55. The Morgan fingerprint density at radius 1 is 1.20 bits per heavy atom. The third kappa shape index (κ3) is 7.23. The molecule has 2 aliphatic heterocycles. The van der Waals surface area contributed by atoms with Gasteiger partial charge in [-0.15, -0.1) is 0 Å². The van der Waals surface area contributed by atoms with Crippen molar-refractivity contribution in [3.05, 3.63) is 30.0 Å². The molecule has 1 N–H and O–H groups in total. The number of ether oxygens (including phenoxy) is 4. The van der Waals surface area contributed by atoms with Crippen LogP contribution in [0.5, 0.6) is 11.6 Å². The summed E-state index contributed by atoms with van der Waals surface area (Å²) in [5.41, 5.74) is 0.595. The monoisotopic (exact) mass is 636 g/mol. The van der Waals surface area contributed by atoms with Gasteiger partial charge in [-0.2, -0.15) is 0 Å². The fraction of sp³-hybridized carbons (Fsp3) is 0.629. The first kappa shape index (κ1) is 33.5. The van der Waals surface area contributed by atoms with Gasteiger partial charge in [-0.25, -0.2) is 19.6 Å². The summed E-state index contributed by atoms with van der Waals surface area (Å²) in [6.45, 7) is 13.7. The van der Waals surface area contributed by atoms with E-state index in [-0.39, 0.29) is 25.0 Å². The molecule has 1 aromatic carbocycles. The van der Waals surface area contributed by atoms with Crippen molar-refractivity contribution in [2.45, 2.75) is 97.9 Å². The summed E-state index contributed by atoms with van der Waals surface area (Å²) in [5, 5.41) is 2.86. The number of carbonyl (C=O) groups excluding carboxylic acids is 3. The summed E-state index contributed by atoms with van der Waals surface area (Å²) in [6, 6.07) is 3.60. The number of nitrogens with zero attached hydrogens (tertiary/aromatic N) is 3. The van der Waals surface area contributed by atoms with Crippen LogP contribution in [0, 0.1) is 23.2 Å². The van der Waals surface area contributed by atoms with E-state index in [2.05, 4.69) is 11.4 Å². The van der Waals surface area contributed by atoms with Crippen LogP contribution in [0.2, 0.25) is 0 Å². The lowest BCUT2D eigenvalue weighted by Gasteiger charge is -2.35. The van der Waals surface area contributed by atoms with E-state index in [1.54, 1.807) is 13.2 Å². The standard InChI is InChI=1S/C35H48N4O7/c1-20(2)19-44-32(41)28-21(3)27-18-39(28)31(40)29(34(4,5)6)38-33(42)46-35(7)17-22(35)12-10-9-11-13-25-30(45-27)37-26-16-23(43-8)14-15-24(26)36-25/h11,13-16,20-22,27-29H,9-10,12,17-19H2,1-8H3,(H,38,42)/b13-11+/t21-,22+,27+,28+,29-,35+/m1/s1. The van der Waals surface area contributed by atoms with Gasteiger partial charge in [0.2, 0.25) is 11.8 Å². The van der Waals surface area contributed by atoms with E-state index in [1.807, 2.05) is 66.7 Å². The molecule has 2 aromatic rings. The first-order valence-electron chi connectivity index (χ1n) is 16.4. The van der Waals surface area contributed by atoms with E-state index in [9.17, 15) is 14.4 Å². The average molecular weight is 637 g/mol. The summed E-state index contributed by atoms with van der Waals surface area (Å²) in [6.07, 6.45) is 6.11. The van der Waals surface area contributed by atoms with E-state index in [0.29, 0.717) is 28.4 Å². The van der Waals surface area contributed by atoms with E-state index in [1.165, 1.54) is 4.90 Å². The van der Waals surface area contributed by atoms with Gasteiger partial charge < -0.3 is 29.2 Å². The van der Waals surface area contributed by atoms with Crippen molar-refractivity contribution in [1.82, 2.24) is 20.2 Å². The molecular formula is C35H48N4O7. The third-order valence-corrected chi connectivity index (χ3v) is 9.26. The first-order chi connectivity index (χ1) is 21.7. The Morgan fingerprint density at radius 3 is 2.65 bits per heavy atom. The van der Waals surface area contributed by atoms with Crippen molar-refractivity contribution in [1.29, 1.82) is 0 Å². The molecule has 1 aliphatic carbocycles. The molecule has 1 saturated carbocycles. The molecule has 0 radical (unpaired) electrons. The number of alkyl carbamates (subject to hydrolysis) is 1. The summed E-state index contributed by atoms with van der Waals surface area (Å²) in [5.74, 6) is -0.0604. The second kappa shape index (κ2) is 13.1. The van der Waals surface area contributed by atoms with Gasteiger partial charge in [0.05, 0.1) is 31.3 Å². The normalized spacial score (nSPS) is 29.4. The van der Waals surface area contributed by atoms with Gasteiger partial charge in [0.25, 0.3) is 0 Å². The Morgan fingerprint density at radius 2 is 1.96 bits per heavy atom. The Bertz CT molecular complexity index is 1500. The number of allylic oxidation sites excluding steroid dienone is 1. The molecule has 46 heavy (non-hydrogen) atoms. The average Bonchev–Trinajstić information content (AvgIpc) is 3.50. The topological polar surface area (TPSA) is 129 Å². The van der Waals surface area contributed by atoms with Crippen molar-refractivity contribution in [3.63, 3.8) is 0 Å². The summed E-state index contributed by atoms with van der Waals surface area (Å²) >= 11 is 0. The Labute approximate surface area is 271 Å². The molecule has 11 heteroatoms.